The molecule has 1 aromatic heterocycles. The molecule has 0 spiro atoms. The van der Waals surface area contributed by atoms with Gasteiger partial charge in [0.15, 0.2) is 16.5 Å². The minimum atomic E-state index is -4.90. The van der Waals surface area contributed by atoms with E-state index in [9.17, 15) is 17.4 Å². The number of nitriles is 1. The molecule has 3 N–H and O–H groups in total. The summed E-state index contributed by atoms with van der Waals surface area (Å²) in [5.74, 6) is 0. The molecule has 9 heteroatoms. The number of nitrogens with one attached hydrogen (secondary N) is 1. The van der Waals surface area contributed by atoms with E-state index in [1.54, 1.807) is 0 Å². The van der Waals surface area contributed by atoms with Crippen molar-refractivity contribution in [2.45, 2.75) is 36.1 Å². The first-order valence-corrected chi connectivity index (χ1v) is 6.72. The highest BCUT2D eigenvalue weighted by molar-refractivity contribution is 7.86. The lowest BCUT2D eigenvalue weighted by atomic mass is 10.1. The van der Waals surface area contributed by atoms with Gasteiger partial charge in [0.25, 0.3) is 0 Å². The van der Waals surface area contributed by atoms with Crippen LogP contribution in [0, 0.1) is 11.3 Å². The van der Waals surface area contributed by atoms with Gasteiger partial charge in [0.1, 0.15) is 11.0 Å². The number of unbranched alkanes of at least 4 members (excludes halogenated alkanes) is 2. The van der Waals surface area contributed by atoms with E-state index in [-0.39, 0.29) is 12.1 Å². The van der Waals surface area contributed by atoms with Crippen molar-refractivity contribution >= 4 is 10.8 Å². The molecule has 0 radical (unpaired) electrons. The molecule has 1 rings (SSSR count). The molecule has 1 unspecified atom stereocenters. The van der Waals surface area contributed by atoms with Crippen LogP contribution in [-0.4, -0.2) is 26.5 Å². The van der Waals surface area contributed by atoms with E-state index in [2.05, 4.69) is 10.2 Å². The number of rotatable bonds is 6. The lowest BCUT2D eigenvalue weighted by Gasteiger charge is -2.07. The fourth-order valence-corrected chi connectivity index (χ4v) is 2.42. The Balaban J connectivity index is 2.92. The maximum atomic E-state index is 12.5. The van der Waals surface area contributed by atoms with Crippen LogP contribution >= 0.6 is 0 Å². The zero-order valence-corrected chi connectivity index (χ0v) is 10.8. The second kappa shape index (κ2) is 6.68. The molecule has 1 heterocycles. The van der Waals surface area contributed by atoms with Crippen molar-refractivity contribution in [3.05, 3.63) is 11.4 Å². The molecule has 0 saturated heterocycles. The molecule has 0 aromatic carbocycles. The van der Waals surface area contributed by atoms with Gasteiger partial charge in [-0.2, -0.15) is 23.5 Å². The third kappa shape index (κ3) is 4.04. The van der Waals surface area contributed by atoms with Gasteiger partial charge in [-0.3, -0.25) is 5.10 Å². The van der Waals surface area contributed by atoms with Crippen molar-refractivity contribution < 1.29 is 17.4 Å². The van der Waals surface area contributed by atoms with E-state index in [0.29, 0.717) is 13.0 Å². The quantitative estimate of drug-likeness (QED) is 0.779. The molecule has 0 saturated carbocycles. The van der Waals surface area contributed by atoms with E-state index in [0.717, 1.165) is 12.8 Å². The average Bonchev–Trinajstić information content (AvgIpc) is 2.75. The zero-order valence-electron chi connectivity index (χ0n) is 9.96. The van der Waals surface area contributed by atoms with Gasteiger partial charge in [0.2, 0.25) is 0 Å². The molecule has 0 bridgehead atoms. The van der Waals surface area contributed by atoms with Crippen molar-refractivity contribution in [3.8, 4) is 6.07 Å². The topological polar surface area (TPSA) is 95.6 Å². The predicted octanol–water partition coefficient (Wildman–Crippen LogP) is 1.58. The number of aromatic nitrogens is 2. The predicted molar refractivity (Wildman–Crippen MR) is 62.4 cm³/mol. The number of aromatic amines is 1. The largest absolute Gasteiger partial charge is 0.476 e. The summed E-state index contributed by atoms with van der Waals surface area (Å²) in [4.78, 5) is -0.553. The first kappa shape index (κ1) is 15.7. The Bertz CT molecular complexity index is 492. The fraction of sp³-hybridized carbons (Fsp3) is 0.600. The lowest BCUT2D eigenvalue weighted by molar-refractivity contribution is -0.0385. The van der Waals surface area contributed by atoms with Crippen LogP contribution in [0.1, 0.15) is 30.7 Å². The smallest absolute Gasteiger partial charge is 0.330 e. The van der Waals surface area contributed by atoms with Crippen molar-refractivity contribution in [2.75, 3.05) is 6.54 Å². The Labute approximate surface area is 110 Å². The minimum absolute atomic E-state index is 0.101. The average molecular weight is 294 g/mol. The van der Waals surface area contributed by atoms with Crippen LogP contribution < -0.4 is 5.73 Å². The van der Waals surface area contributed by atoms with E-state index in [4.69, 9.17) is 11.0 Å². The summed E-state index contributed by atoms with van der Waals surface area (Å²) < 4.78 is 48.8. The molecule has 0 amide bonds. The molecular weight excluding hydrogens is 281 g/mol. The van der Waals surface area contributed by atoms with Crippen molar-refractivity contribution in [2.24, 2.45) is 5.73 Å². The van der Waals surface area contributed by atoms with Crippen LogP contribution in [0.2, 0.25) is 0 Å². The highest BCUT2D eigenvalue weighted by Gasteiger charge is 2.41. The summed E-state index contributed by atoms with van der Waals surface area (Å²) in [6.45, 7) is 0.508. The van der Waals surface area contributed by atoms with Crippen LogP contribution in [0.15, 0.2) is 4.90 Å². The number of H-pyrrole nitrogens is 1. The molecule has 5 nitrogen and oxygen atoms in total. The van der Waals surface area contributed by atoms with Gasteiger partial charge in [0.05, 0.1) is 5.69 Å². The van der Waals surface area contributed by atoms with E-state index >= 15 is 0 Å². The molecule has 0 aliphatic heterocycles. The number of nitrogens with two attached hydrogens (primary N) is 1. The normalized spacial score (nSPS) is 13.2. The van der Waals surface area contributed by atoms with Gasteiger partial charge in [-0.1, -0.05) is 6.42 Å². The van der Waals surface area contributed by atoms with Crippen LogP contribution in [0.25, 0.3) is 0 Å². The van der Waals surface area contributed by atoms with Crippen molar-refractivity contribution in [1.82, 2.24) is 10.2 Å². The first-order valence-electron chi connectivity index (χ1n) is 5.57. The van der Waals surface area contributed by atoms with Crippen LogP contribution in [-0.2, 0) is 17.2 Å². The van der Waals surface area contributed by atoms with Crippen molar-refractivity contribution in [3.63, 3.8) is 0 Å². The molecule has 106 valence electrons. The molecule has 0 aliphatic rings. The first-order chi connectivity index (χ1) is 8.91. The zero-order chi connectivity index (χ0) is 14.5. The Morgan fingerprint density at radius 1 is 1.37 bits per heavy atom. The second-order valence-electron chi connectivity index (χ2n) is 3.81. The monoisotopic (exact) mass is 294 g/mol. The number of hydrogen-bond donors (Lipinski definition) is 2. The minimum Gasteiger partial charge on any atom is -0.330 e. The van der Waals surface area contributed by atoms with Crippen LogP contribution in [0.3, 0.4) is 0 Å². The molecule has 0 fully saturated rings. The Kier molecular flexibility index (Phi) is 5.50. The summed E-state index contributed by atoms with van der Waals surface area (Å²) in [5.41, 5.74) is 0.0400. The summed E-state index contributed by atoms with van der Waals surface area (Å²) in [6.07, 6.45) is 2.35. The summed E-state index contributed by atoms with van der Waals surface area (Å²) in [7, 11) is -3.24. The van der Waals surface area contributed by atoms with Gasteiger partial charge >= 0.3 is 5.51 Å². The number of hydrogen-bond acceptors (Lipinski definition) is 4. The Morgan fingerprint density at radius 2 is 2.05 bits per heavy atom. The van der Waals surface area contributed by atoms with Gasteiger partial charge in [-0.25, -0.2) is 4.21 Å². The standard InChI is InChI=1S/C10H13F3N4OS/c11-10(12,13)19(18)9-7(4-2-1-3-5-14)16-17-8(9)6-15/h1-5,14H2,(H,16,17). The lowest BCUT2D eigenvalue weighted by Crippen LogP contribution is -2.18. The van der Waals surface area contributed by atoms with Crippen LogP contribution in [0.4, 0.5) is 13.2 Å². The molecule has 0 aliphatic carbocycles. The molecule has 1 aromatic rings. The highest BCUT2D eigenvalue weighted by Crippen LogP contribution is 2.30. The molecular formula is C10H13F3N4OS. The van der Waals surface area contributed by atoms with Gasteiger partial charge in [0, 0.05) is 0 Å². The van der Waals surface area contributed by atoms with Gasteiger partial charge in [-0.05, 0) is 25.8 Å². The summed E-state index contributed by atoms with van der Waals surface area (Å²) in [5, 5.41) is 14.5. The van der Waals surface area contributed by atoms with Gasteiger partial charge in [-0.15, -0.1) is 0 Å². The number of alkyl halides is 3. The SMILES string of the molecule is N#Cc1n[nH]c(CCCCCN)c1S(=O)C(F)(F)F. The summed E-state index contributed by atoms with van der Waals surface area (Å²) in [6, 6.07) is 1.52. The molecule has 19 heavy (non-hydrogen) atoms. The second-order valence-corrected chi connectivity index (χ2v) is 5.21. The Morgan fingerprint density at radius 3 is 2.58 bits per heavy atom. The third-order valence-electron chi connectivity index (χ3n) is 2.42. The third-order valence-corrected chi connectivity index (χ3v) is 3.66. The number of halogens is 3. The van der Waals surface area contributed by atoms with E-state index in [1.807, 2.05) is 0 Å². The van der Waals surface area contributed by atoms with E-state index < -0.39 is 26.9 Å². The van der Waals surface area contributed by atoms with Gasteiger partial charge < -0.3 is 5.73 Å². The summed E-state index contributed by atoms with van der Waals surface area (Å²) >= 11 is 0. The van der Waals surface area contributed by atoms with Crippen molar-refractivity contribution in [1.29, 1.82) is 5.26 Å². The number of nitrogens with zero attached hydrogens (tertiary/aromatic N) is 2. The highest BCUT2D eigenvalue weighted by atomic mass is 32.2. The number of aryl methyl sites for hydroxylation is 1. The van der Waals surface area contributed by atoms with Crippen LogP contribution in [0.5, 0.6) is 0 Å². The maximum absolute atomic E-state index is 12.5. The fourth-order valence-electron chi connectivity index (χ4n) is 1.55. The maximum Gasteiger partial charge on any atom is 0.476 e. The Hall–Kier alpha value is -1.40. The van der Waals surface area contributed by atoms with E-state index in [1.165, 1.54) is 6.07 Å². The molecule has 1 atom stereocenters.